The van der Waals surface area contributed by atoms with E-state index in [1.165, 1.54) is 19.3 Å². The first-order chi connectivity index (χ1) is 9.31. The van der Waals surface area contributed by atoms with Gasteiger partial charge in [0.15, 0.2) is 0 Å². The number of aliphatic hydroxyl groups excluding tert-OH is 1. The molecule has 1 aromatic rings. The molecular weight excluding hydrogens is 240 g/mol. The summed E-state index contributed by atoms with van der Waals surface area (Å²) in [6.45, 7) is 5.67. The highest BCUT2D eigenvalue weighted by Crippen LogP contribution is 2.25. The lowest BCUT2D eigenvalue weighted by Crippen LogP contribution is -2.02. The van der Waals surface area contributed by atoms with Gasteiger partial charge in [0.25, 0.3) is 0 Å². The molecule has 0 aliphatic carbocycles. The van der Waals surface area contributed by atoms with Gasteiger partial charge in [-0.1, -0.05) is 33.1 Å². The van der Waals surface area contributed by atoms with E-state index in [0.717, 1.165) is 29.9 Å². The molecular formula is C16H26O3. The molecule has 108 valence electrons. The predicted molar refractivity (Wildman–Crippen MR) is 77.8 cm³/mol. The van der Waals surface area contributed by atoms with Crippen molar-refractivity contribution >= 4 is 0 Å². The van der Waals surface area contributed by atoms with Crippen molar-refractivity contribution in [3.63, 3.8) is 0 Å². The molecule has 0 atom stereocenters. The summed E-state index contributed by atoms with van der Waals surface area (Å²) in [5, 5.41) is 9.31. The number of aliphatic hydroxyl groups is 1. The van der Waals surface area contributed by atoms with Crippen LogP contribution in [0.2, 0.25) is 0 Å². The van der Waals surface area contributed by atoms with Crippen LogP contribution < -0.4 is 9.47 Å². The van der Waals surface area contributed by atoms with Crippen molar-refractivity contribution in [3.8, 4) is 11.5 Å². The van der Waals surface area contributed by atoms with Crippen molar-refractivity contribution < 1.29 is 14.6 Å². The monoisotopic (exact) mass is 266 g/mol. The molecule has 0 aliphatic rings. The zero-order valence-electron chi connectivity index (χ0n) is 12.2. The van der Waals surface area contributed by atoms with Crippen LogP contribution in [0.4, 0.5) is 0 Å². The Labute approximate surface area is 116 Å². The lowest BCUT2D eigenvalue weighted by molar-refractivity contribution is 0.257. The van der Waals surface area contributed by atoms with Crippen molar-refractivity contribution in [2.45, 2.75) is 52.6 Å². The van der Waals surface area contributed by atoms with Gasteiger partial charge in [-0.2, -0.15) is 0 Å². The molecule has 0 unspecified atom stereocenters. The molecule has 0 fully saturated rings. The third-order valence-corrected chi connectivity index (χ3v) is 2.94. The van der Waals surface area contributed by atoms with E-state index in [9.17, 15) is 5.11 Å². The lowest BCUT2D eigenvalue weighted by atomic mass is 10.2. The van der Waals surface area contributed by atoms with Gasteiger partial charge in [-0.05, 0) is 25.0 Å². The first-order valence-corrected chi connectivity index (χ1v) is 7.31. The first-order valence-electron chi connectivity index (χ1n) is 7.31. The van der Waals surface area contributed by atoms with E-state index >= 15 is 0 Å². The van der Waals surface area contributed by atoms with Gasteiger partial charge in [-0.3, -0.25) is 0 Å². The van der Waals surface area contributed by atoms with Gasteiger partial charge in [-0.15, -0.1) is 0 Å². The Kier molecular flexibility index (Phi) is 8.07. The number of benzene rings is 1. The summed E-state index contributed by atoms with van der Waals surface area (Å²) in [5.74, 6) is 1.55. The van der Waals surface area contributed by atoms with E-state index in [1.54, 1.807) is 0 Å². The van der Waals surface area contributed by atoms with E-state index in [2.05, 4.69) is 13.8 Å². The zero-order valence-corrected chi connectivity index (χ0v) is 12.2. The first kappa shape index (κ1) is 15.8. The van der Waals surface area contributed by atoms with E-state index < -0.39 is 0 Å². The number of unbranched alkanes of at least 4 members (excludes halogenated alkanes) is 3. The predicted octanol–water partition coefficient (Wildman–Crippen LogP) is 3.93. The SMILES string of the molecule is CCCCCCOc1cc(OCCC)ccc1CO. The molecule has 0 spiro atoms. The molecule has 0 amide bonds. The molecule has 1 rings (SSSR count). The Balaban J connectivity index is 2.52. The molecule has 0 saturated heterocycles. The van der Waals surface area contributed by atoms with Crippen LogP contribution in [0.25, 0.3) is 0 Å². The van der Waals surface area contributed by atoms with Crippen molar-refractivity contribution in [3.05, 3.63) is 23.8 Å². The maximum absolute atomic E-state index is 9.31. The Bertz CT molecular complexity index is 350. The van der Waals surface area contributed by atoms with Crippen LogP contribution in [-0.4, -0.2) is 18.3 Å². The topological polar surface area (TPSA) is 38.7 Å². The van der Waals surface area contributed by atoms with E-state index in [1.807, 2.05) is 18.2 Å². The average Bonchev–Trinajstić information content (AvgIpc) is 2.45. The summed E-state index contributed by atoms with van der Waals surface area (Å²) < 4.78 is 11.3. The van der Waals surface area contributed by atoms with Gasteiger partial charge >= 0.3 is 0 Å². The molecule has 0 heterocycles. The Hall–Kier alpha value is -1.22. The quantitative estimate of drug-likeness (QED) is 0.652. The largest absolute Gasteiger partial charge is 0.493 e. The normalized spacial score (nSPS) is 10.5. The lowest BCUT2D eigenvalue weighted by Gasteiger charge is -2.12. The summed E-state index contributed by atoms with van der Waals surface area (Å²) in [5.41, 5.74) is 0.819. The summed E-state index contributed by atoms with van der Waals surface area (Å²) in [6.07, 6.45) is 5.70. The number of ether oxygens (including phenoxy) is 2. The smallest absolute Gasteiger partial charge is 0.128 e. The Morgan fingerprint density at radius 1 is 0.947 bits per heavy atom. The maximum atomic E-state index is 9.31. The third kappa shape index (κ3) is 5.97. The number of hydrogen-bond donors (Lipinski definition) is 1. The Morgan fingerprint density at radius 2 is 1.79 bits per heavy atom. The molecule has 0 saturated carbocycles. The van der Waals surface area contributed by atoms with Crippen molar-refractivity contribution in [1.29, 1.82) is 0 Å². The van der Waals surface area contributed by atoms with Gasteiger partial charge in [0, 0.05) is 11.6 Å². The molecule has 0 aliphatic heterocycles. The van der Waals surface area contributed by atoms with E-state index in [0.29, 0.717) is 13.2 Å². The number of rotatable bonds is 10. The third-order valence-electron chi connectivity index (χ3n) is 2.94. The second-order valence-electron chi connectivity index (χ2n) is 4.69. The van der Waals surface area contributed by atoms with Gasteiger partial charge < -0.3 is 14.6 Å². The van der Waals surface area contributed by atoms with Crippen molar-refractivity contribution in [2.24, 2.45) is 0 Å². The van der Waals surface area contributed by atoms with Crippen LogP contribution in [0.3, 0.4) is 0 Å². The minimum absolute atomic E-state index is 0.00164. The van der Waals surface area contributed by atoms with Crippen molar-refractivity contribution in [1.82, 2.24) is 0 Å². The van der Waals surface area contributed by atoms with Crippen LogP contribution >= 0.6 is 0 Å². The summed E-state index contributed by atoms with van der Waals surface area (Å²) in [6, 6.07) is 5.62. The number of hydrogen-bond acceptors (Lipinski definition) is 3. The zero-order chi connectivity index (χ0) is 13.9. The summed E-state index contributed by atoms with van der Waals surface area (Å²) in [7, 11) is 0. The fraction of sp³-hybridized carbons (Fsp3) is 0.625. The summed E-state index contributed by atoms with van der Waals surface area (Å²) in [4.78, 5) is 0. The second kappa shape index (κ2) is 9.68. The average molecular weight is 266 g/mol. The van der Waals surface area contributed by atoms with Gasteiger partial charge in [0.1, 0.15) is 11.5 Å². The van der Waals surface area contributed by atoms with Crippen LogP contribution in [0.15, 0.2) is 18.2 Å². The second-order valence-corrected chi connectivity index (χ2v) is 4.69. The molecule has 3 heteroatoms. The van der Waals surface area contributed by atoms with E-state index in [-0.39, 0.29) is 6.61 Å². The standard InChI is InChI=1S/C16H26O3/c1-3-5-6-7-11-19-16-12-15(18-10-4-2)9-8-14(16)13-17/h8-9,12,17H,3-7,10-11,13H2,1-2H3. The molecule has 1 N–H and O–H groups in total. The van der Waals surface area contributed by atoms with Crippen LogP contribution in [0.5, 0.6) is 11.5 Å². The molecule has 0 radical (unpaired) electrons. The van der Waals surface area contributed by atoms with Gasteiger partial charge in [-0.25, -0.2) is 0 Å². The van der Waals surface area contributed by atoms with E-state index in [4.69, 9.17) is 9.47 Å². The minimum atomic E-state index is -0.00164. The minimum Gasteiger partial charge on any atom is -0.493 e. The highest BCUT2D eigenvalue weighted by Gasteiger charge is 2.05. The van der Waals surface area contributed by atoms with Gasteiger partial charge in [0.2, 0.25) is 0 Å². The maximum Gasteiger partial charge on any atom is 0.128 e. The van der Waals surface area contributed by atoms with Crippen LogP contribution in [0.1, 0.15) is 51.5 Å². The van der Waals surface area contributed by atoms with Crippen LogP contribution in [-0.2, 0) is 6.61 Å². The van der Waals surface area contributed by atoms with Gasteiger partial charge in [0.05, 0.1) is 19.8 Å². The highest BCUT2D eigenvalue weighted by molar-refractivity contribution is 5.40. The Morgan fingerprint density at radius 3 is 2.47 bits per heavy atom. The van der Waals surface area contributed by atoms with Crippen molar-refractivity contribution in [2.75, 3.05) is 13.2 Å². The molecule has 19 heavy (non-hydrogen) atoms. The fourth-order valence-electron chi connectivity index (χ4n) is 1.82. The molecule has 3 nitrogen and oxygen atoms in total. The molecule has 1 aromatic carbocycles. The summed E-state index contributed by atoms with van der Waals surface area (Å²) >= 11 is 0. The fourth-order valence-corrected chi connectivity index (χ4v) is 1.82. The highest BCUT2D eigenvalue weighted by atomic mass is 16.5. The molecule has 0 aromatic heterocycles. The molecule has 0 bridgehead atoms. The van der Waals surface area contributed by atoms with Crippen LogP contribution in [0, 0.1) is 0 Å².